The number of hydrogen-bond donors (Lipinski definition) is 1. The van der Waals surface area contributed by atoms with Gasteiger partial charge in [0.2, 0.25) is 0 Å². The molecular weight excluding hydrogens is 462 g/mol. The molecule has 0 radical (unpaired) electrons. The SMILES string of the molecule is CON=Cc1cc(C#Cc2ccc(-c3ccc(Cl)cc3)cn2)ccc1OCCN1CCC[C@H]1CO. The summed E-state index contributed by atoms with van der Waals surface area (Å²) in [6.45, 7) is 2.48. The molecule has 0 aliphatic carbocycles. The summed E-state index contributed by atoms with van der Waals surface area (Å²) >= 11 is 5.97. The van der Waals surface area contributed by atoms with Gasteiger partial charge in [-0.1, -0.05) is 40.9 Å². The number of rotatable bonds is 8. The molecule has 2 heterocycles. The van der Waals surface area contributed by atoms with Crippen molar-refractivity contribution in [3.05, 3.63) is 82.6 Å². The first-order chi connectivity index (χ1) is 17.2. The Morgan fingerprint density at radius 2 is 1.97 bits per heavy atom. The standard InChI is InChI=1S/C28H28ClN3O3/c1-34-31-19-24-17-21(5-13-28(24)35-16-15-32-14-2-3-27(32)20-33)4-11-26-12-8-23(18-30-26)22-6-9-25(29)10-7-22/h5-10,12-13,17-19,27,33H,2-3,14-16,20H2,1H3/t27-/m0/s1. The van der Waals surface area contributed by atoms with E-state index in [-0.39, 0.29) is 12.6 Å². The zero-order valence-electron chi connectivity index (χ0n) is 19.7. The molecule has 1 fully saturated rings. The van der Waals surface area contributed by atoms with Gasteiger partial charge in [-0.25, -0.2) is 4.98 Å². The smallest absolute Gasteiger partial charge is 0.128 e. The number of hydrogen-bond acceptors (Lipinski definition) is 6. The van der Waals surface area contributed by atoms with Gasteiger partial charge in [0.05, 0.1) is 12.8 Å². The van der Waals surface area contributed by atoms with Crippen molar-refractivity contribution in [3.63, 3.8) is 0 Å². The van der Waals surface area contributed by atoms with Crippen LogP contribution in [0.3, 0.4) is 0 Å². The van der Waals surface area contributed by atoms with Crippen LogP contribution in [0.4, 0.5) is 0 Å². The zero-order chi connectivity index (χ0) is 24.5. The van der Waals surface area contributed by atoms with Crippen LogP contribution >= 0.6 is 11.6 Å². The first-order valence-corrected chi connectivity index (χ1v) is 12.0. The molecular formula is C28H28ClN3O3. The normalized spacial score (nSPS) is 15.7. The predicted molar refractivity (Wildman–Crippen MR) is 139 cm³/mol. The highest BCUT2D eigenvalue weighted by Crippen LogP contribution is 2.22. The number of likely N-dealkylation sites (tertiary alicyclic amines) is 1. The molecule has 2 aromatic carbocycles. The maximum Gasteiger partial charge on any atom is 0.128 e. The monoisotopic (exact) mass is 489 g/mol. The van der Waals surface area contributed by atoms with Gasteiger partial charge in [-0.05, 0) is 67.3 Å². The second-order valence-electron chi connectivity index (χ2n) is 8.22. The first kappa shape index (κ1) is 24.7. The molecule has 0 amide bonds. The van der Waals surface area contributed by atoms with Crippen molar-refractivity contribution in [2.45, 2.75) is 18.9 Å². The Hall–Kier alpha value is -3.37. The number of nitrogens with zero attached hydrogens (tertiary/aromatic N) is 3. The fourth-order valence-corrected chi connectivity index (χ4v) is 4.18. The van der Waals surface area contributed by atoms with Gasteiger partial charge in [0, 0.05) is 40.5 Å². The topological polar surface area (TPSA) is 67.2 Å². The number of ether oxygens (including phenoxy) is 1. The van der Waals surface area contributed by atoms with E-state index in [0.29, 0.717) is 23.1 Å². The molecule has 1 aromatic heterocycles. The lowest BCUT2D eigenvalue weighted by Gasteiger charge is -2.22. The van der Waals surface area contributed by atoms with Crippen LogP contribution < -0.4 is 4.74 Å². The molecule has 1 aliphatic rings. The number of aromatic nitrogens is 1. The van der Waals surface area contributed by atoms with Crippen LogP contribution in [0, 0.1) is 11.8 Å². The van der Waals surface area contributed by atoms with E-state index in [1.807, 2.05) is 60.8 Å². The van der Waals surface area contributed by atoms with E-state index >= 15 is 0 Å². The van der Waals surface area contributed by atoms with Crippen molar-refractivity contribution in [2.75, 3.05) is 33.4 Å². The molecule has 4 rings (SSSR count). The number of halogens is 1. The average Bonchev–Trinajstić information content (AvgIpc) is 3.35. The van der Waals surface area contributed by atoms with E-state index in [9.17, 15) is 5.11 Å². The number of benzene rings is 2. The fraction of sp³-hybridized carbons (Fsp3) is 0.286. The molecule has 1 aliphatic heterocycles. The third kappa shape index (κ3) is 6.83. The molecule has 3 aromatic rings. The van der Waals surface area contributed by atoms with Crippen molar-refractivity contribution < 1.29 is 14.7 Å². The Kier molecular flexibility index (Phi) is 8.74. The summed E-state index contributed by atoms with van der Waals surface area (Å²) < 4.78 is 6.03. The van der Waals surface area contributed by atoms with Gasteiger partial charge in [0.15, 0.2) is 0 Å². The number of aliphatic hydroxyl groups is 1. The first-order valence-electron chi connectivity index (χ1n) is 11.6. The van der Waals surface area contributed by atoms with Crippen LogP contribution in [0.25, 0.3) is 11.1 Å². The van der Waals surface area contributed by atoms with Crippen molar-refractivity contribution in [3.8, 4) is 28.7 Å². The molecule has 1 saturated heterocycles. The number of oxime groups is 1. The fourth-order valence-electron chi connectivity index (χ4n) is 4.05. The lowest BCUT2D eigenvalue weighted by atomic mass is 10.1. The average molecular weight is 490 g/mol. The van der Waals surface area contributed by atoms with Crippen molar-refractivity contribution in [1.29, 1.82) is 0 Å². The van der Waals surface area contributed by atoms with Gasteiger partial charge in [-0.2, -0.15) is 0 Å². The summed E-state index contributed by atoms with van der Waals surface area (Å²) in [4.78, 5) is 11.6. The Balaban J connectivity index is 1.43. The quantitative estimate of drug-likeness (QED) is 0.284. The molecule has 7 heteroatoms. The van der Waals surface area contributed by atoms with Crippen LogP contribution in [0.2, 0.25) is 5.02 Å². The van der Waals surface area contributed by atoms with Crippen molar-refractivity contribution in [1.82, 2.24) is 9.88 Å². The minimum atomic E-state index is 0.192. The summed E-state index contributed by atoms with van der Waals surface area (Å²) in [6, 6.07) is 17.5. The van der Waals surface area contributed by atoms with Crippen LogP contribution in [0.5, 0.6) is 5.75 Å². The minimum absolute atomic E-state index is 0.192. The van der Waals surface area contributed by atoms with Crippen LogP contribution in [0.1, 0.15) is 29.7 Å². The summed E-state index contributed by atoms with van der Waals surface area (Å²) in [5, 5.41) is 14.1. The number of aliphatic hydroxyl groups excluding tert-OH is 1. The van der Waals surface area contributed by atoms with Crippen LogP contribution in [-0.2, 0) is 4.84 Å². The summed E-state index contributed by atoms with van der Waals surface area (Å²) in [6.07, 6.45) is 5.58. The third-order valence-corrected chi connectivity index (χ3v) is 6.18. The summed E-state index contributed by atoms with van der Waals surface area (Å²) in [5.74, 6) is 6.99. The lowest BCUT2D eigenvalue weighted by Crippen LogP contribution is -2.35. The summed E-state index contributed by atoms with van der Waals surface area (Å²) in [7, 11) is 1.50. The van der Waals surface area contributed by atoms with Gasteiger partial charge >= 0.3 is 0 Å². The van der Waals surface area contributed by atoms with Gasteiger partial charge in [-0.15, -0.1) is 0 Å². The van der Waals surface area contributed by atoms with E-state index in [2.05, 4.69) is 26.9 Å². The van der Waals surface area contributed by atoms with E-state index in [0.717, 1.165) is 48.2 Å². The van der Waals surface area contributed by atoms with Crippen LogP contribution in [0.15, 0.2) is 65.9 Å². The van der Waals surface area contributed by atoms with Gasteiger partial charge in [0.1, 0.15) is 25.2 Å². The van der Waals surface area contributed by atoms with Crippen molar-refractivity contribution in [2.24, 2.45) is 5.16 Å². The van der Waals surface area contributed by atoms with Gasteiger partial charge in [-0.3, -0.25) is 4.90 Å². The van der Waals surface area contributed by atoms with Gasteiger partial charge < -0.3 is 14.7 Å². The molecule has 180 valence electrons. The molecule has 1 N–H and O–H groups in total. The van der Waals surface area contributed by atoms with Gasteiger partial charge in [0.25, 0.3) is 0 Å². The summed E-state index contributed by atoms with van der Waals surface area (Å²) in [5.41, 5.74) is 4.34. The second kappa shape index (κ2) is 12.4. The van der Waals surface area contributed by atoms with E-state index in [4.69, 9.17) is 21.2 Å². The number of pyridine rings is 1. The highest BCUT2D eigenvalue weighted by molar-refractivity contribution is 6.30. The highest BCUT2D eigenvalue weighted by atomic mass is 35.5. The molecule has 0 bridgehead atoms. The molecule has 6 nitrogen and oxygen atoms in total. The Morgan fingerprint density at radius 1 is 1.14 bits per heavy atom. The largest absolute Gasteiger partial charge is 0.492 e. The van der Waals surface area contributed by atoms with E-state index < -0.39 is 0 Å². The maximum atomic E-state index is 9.50. The molecule has 0 saturated carbocycles. The lowest BCUT2D eigenvalue weighted by molar-refractivity contribution is 0.139. The van der Waals surface area contributed by atoms with E-state index in [1.54, 1.807) is 6.21 Å². The van der Waals surface area contributed by atoms with E-state index in [1.165, 1.54) is 7.11 Å². The minimum Gasteiger partial charge on any atom is -0.492 e. The predicted octanol–water partition coefficient (Wildman–Crippen LogP) is 4.62. The Bertz CT molecular complexity index is 1200. The molecule has 1 atom stereocenters. The second-order valence-corrected chi connectivity index (χ2v) is 8.66. The molecule has 0 spiro atoms. The molecule has 0 unspecified atom stereocenters. The maximum absolute atomic E-state index is 9.50. The third-order valence-electron chi connectivity index (χ3n) is 5.93. The Labute approximate surface area is 211 Å². The zero-order valence-corrected chi connectivity index (χ0v) is 20.4. The van der Waals surface area contributed by atoms with Crippen molar-refractivity contribution >= 4 is 17.8 Å². The van der Waals surface area contributed by atoms with Crippen LogP contribution in [-0.4, -0.2) is 60.7 Å². The Morgan fingerprint density at radius 3 is 2.71 bits per heavy atom. The molecule has 35 heavy (non-hydrogen) atoms. The highest BCUT2D eigenvalue weighted by Gasteiger charge is 2.23.